The number of hydrogen-bond acceptors (Lipinski definition) is 5. The summed E-state index contributed by atoms with van der Waals surface area (Å²) < 4.78 is 5.77. The Kier molecular flexibility index (Phi) is 3.99. The van der Waals surface area contributed by atoms with Gasteiger partial charge in [0.15, 0.2) is 0 Å². The average Bonchev–Trinajstić information content (AvgIpc) is 3.29. The zero-order chi connectivity index (χ0) is 17.2. The van der Waals surface area contributed by atoms with Crippen molar-refractivity contribution in [1.82, 2.24) is 24.5 Å². The predicted molar refractivity (Wildman–Crippen MR) is 96.4 cm³/mol. The highest BCUT2D eigenvalue weighted by Gasteiger charge is 2.23. The first kappa shape index (κ1) is 15.5. The Balaban J connectivity index is 1.79. The van der Waals surface area contributed by atoms with Crippen LogP contribution in [0.15, 0.2) is 60.8 Å². The van der Waals surface area contributed by atoms with Gasteiger partial charge >= 0.3 is 0 Å². The maximum Gasteiger partial charge on any atom is 0.265 e. The van der Waals surface area contributed by atoms with E-state index in [-0.39, 0.29) is 11.9 Å². The summed E-state index contributed by atoms with van der Waals surface area (Å²) in [5.41, 5.74) is 2.88. The predicted octanol–water partition coefficient (Wildman–Crippen LogP) is 2.94. The standard InChI is InChI=1S/C18H15N5OS/c1-23-14-10-6-5-9-13(14)20-17(23)16(12-7-3-2-4-8-12)21-18(24)15-11-19-22-25-15/h2-11,16H,1H3,(H,21,24)/t16-/m1/s1. The summed E-state index contributed by atoms with van der Waals surface area (Å²) in [5.74, 6) is 0.564. The van der Waals surface area contributed by atoms with Crippen LogP contribution in [0.1, 0.15) is 27.1 Å². The largest absolute Gasteiger partial charge is 0.337 e. The van der Waals surface area contributed by atoms with E-state index in [4.69, 9.17) is 4.98 Å². The van der Waals surface area contributed by atoms with Crippen LogP contribution in [0, 0.1) is 0 Å². The third-order valence-electron chi connectivity index (χ3n) is 4.07. The van der Waals surface area contributed by atoms with Crippen LogP contribution in [0.4, 0.5) is 0 Å². The summed E-state index contributed by atoms with van der Waals surface area (Å²) in [6.07, 6.45) is 1.47. The minimum atomic E-state index is -0.367. The molecular formula is C18H15N5OS. The quantitative estimate of drug-likeness (QED) is 0.615. The van der Waals surface area contributed by atoms with Crippen LogP contribution >= 0.6 is 11.5 Å². The average molecular weight is 349 g/mol. The molecule has 0 aliphatic carbocycles. The molecule has 1 atom stereocenters. The van der Waals surface area contributed by atoms with Gasteiger partial charge in [0.05, 0.1) is 17.2 Å². The Morgan fingerprint density at radius 3 is 2.60 bits per heavy atom. The second kappa shape index (κ2) is 6.45. The number of aromatic nitrogens is 4. The molecule has 0 aliphatic heterocycles. The molecule has 0 fully saturated rings. The zero-order valence-electron chi connectivity index (χ0n) is 13.5. The Morgan fingerprint density at radius 2 is 1.88 bits per heavy atom. The van der Waals surface area contributed by atoms with Crippen molar-refractivity contribution in [3.05, 3.63) is 77.1 Å². The smallest absolute Gasteiger partial charge is 0.265 e. The normalized spacial score (nSPS) is 12.2. The van der Waals surface area contributed by atoms with Crippen molar-refractivity contribution in [2.24, 2.45) is 7.05 Å². The lowest BCUT2D eigenvalue weighted by Crippen LogP contribution is -2.30. The molecular weight excluding hydrogens is 334 g/mol. The lowest BCUT2D eigenvalue weighted by molar-refractivity contribution is 0.0945. The Bertz CT molecular complexity index is 1010. The van der Waals surface area contributed by atoms with E-state index in [2.05, 4.69) is 14.9 Å². The van der Waals surface area contributed by atoms with Gasteiger partial charge in [-0.05, 0) is 29.2 Å². The van der Waals surface area contributed by atoms with Gasteiger partial charge in [0.25, 0.3) is 5.91 Å². The highest BCUT2D eigenvalue weighted by Crippen LogP contribution is 2.25. The fourth-order valence-electron chi connectivity index (χ4n) is 2.83. The first-order valence-corrected chi connectivity index (χ1v) is 8.56. The van der Waals surface area contributed by atoms with Crippen LogP contribution in [0.2, 0.25) is 0 Å². The molecule has 2 heterocycles. The molecule has 1 amide bonds. The zero-order valence-corrected chi connectivity index (χ0v) is 14.3. The molecule has 0 unspecified atom stereocenters. The molecule has 25 heavy (non-hydrogen) atoms. The first-order valence-electron chi connectivity index (χ1n) is 7.78. The van der Waals surface area contributed by atoms with Crippen molar-refractivity contribution in [1.29, 1.82) is 0 Å². The van der Waals surface area contributed by atoms with Crippen molar-refractivity contribution in [2.45, 2.75) is 6.04 Å². The number of aryl methyl sites for hydroxylation is 1. The van der Waals surface area contributed by atoms with Gasteiger partial charge in [0.2, 0.25) is 0 Å². The van der Waals surface area contributed by atoms with Crippen LogP contribution in [0.25, 0.3) is 11.0 Å². The van der Waals surface area contributed by atoms with Crippen LogP contribution < -0.4 is 5.32 Å². The summed E-state index contributed by atoms with van der Waals surface area (Å²) in [5, 5.41) is 6.80. The monoisotopic (exact) mass is 349 g/mol. The molecule has 4 aromatic rings. The maximum absolute atomic E-state index is 12.6. The number of rotatable bonds is 4. The number of hydrogen-bond donors (Lipinski definition) is 1. The van der Waals surface area contributed by atoms with Crippen molar-refractivity contribution in [3.63, 3.8) is 0 Å². The fraction of sp³-hybridized carbons (Fsp3) is 0.111. The summed E-state index contributed by atoms with van der Waals surface area (Å²) in [7, 11) is 1.96. The molecule has 2 aromatic carbocycles. The van der Waals surface area contributed by atoms with Gasteiger partial charge in [-0.15, -0.1) is 5.10 Å². The minimum absolute atomic E-state index is 0.212. The number of benzene rings is 2. The van der Waals surface area contributed by atoms with Gasteiger partial charge in [-0.25, -0.2) is 4.98 Å². The fourth-order valence-corrected chi connectivity index (χ4v) is 3.25. The molecule has 0 aliphatic rings. The molecule has 7 heteroatoms. The minimum Gasteiger partial charge on any atom is -0.337 e. The molecule has 0 saturated carbocycles. The number of para-hydroxylation sites is 2. The molecule has 0 spiro atoms. The molecule has 0 saturated heterocycles. The van der Waals surface area contributed by atoms with E-state index >= 15 is 0 Å². The van der Waals surface area contributed by atoms with Crippen LogP contribution in [-0.4, -0.2) is 25.0 Å². The summed E-state index contributed by atoms with van der Waals surface area (Å²) in [6, 6.07) is 17.4. The Hall–Kier alpha value is -3.06. The molecule has 1 N–H and O–H groups in total. The molecule has 6 nitrogen and oxygen atoms in total. The Morgan fingerprint density at radius 1 is 1.12 bits per heavy atom. The summed E-state index contributed by atoms with van der Waals surface area (Å²) in [6.45, 7) is 0. The number of fused-ring (bicyclic) bond motifs is 1. The molecule has 124 valence electrons. The van der Waals surface area contributed by atoms with Crippen LogP contribution in [-0.2, 0) is 7.05 Å². The lowest BCUT2D eigenvalue weighted by Gasteiger charge is -2.18. The lowest BCUT2D eigenvalue weighted by atomic mass is 10.1. The van der Waals surface area contributed by atoms with E-state index in [1.54, 1.807) is 0 Å². The van der Waals surface area contributed by atoms with E-state index in [1.165, 1.54) is 6.20 Å². The van der Waals surface area contributed by atoms with Gasteiger partial charge in [-0.1, -0.05) is 47.0 Å². The van der Waals surface area contributed by atoms with Crippen LogP contribution in [0.3, 0.4) is 0 Å². The van der Waals surface area contributed by atoms with Crippen molar-refractivity contribution in [2.75, 3.05) is 0 Å². The number of nitrogens with one attached hydrogen (secondary N) is 1. The highest BCUT2D eigenvalue weighted by atomic mass is 32.1. The topological polar surface area (TPSA) is 72.7 Å². The second-order valence-electron chi connectivity index (χ2n) is 5.62. The van der Waals surface area contributed by atoms with Crippen molar-refractivity contribution >= 4 is 28.5 Å². The molecule has 4 rings (SSSR count). The Labute approximate surface area is 148 Å². The van der Waals surface area contributed by atoms with E-state index in [1.807, 2.05) is 66.2 Å². The van der Waals surface area contributed by atoms with E-state index < -0.39 is 0 Å². The molecule has 0 bridgehead atoms. The first-order chi connectivity index (χ1) is 12.2. The van der Waals surface area contributed by atoms with Gasteiger partial charge in [-0.3, -0.25) is 4.79 Å². The number of carbonyl (C=O) groups is 1. The third kappa shape index (κ3) is 2.89. The SMILES string of the molecule is Cn1c([C@H](NC(=O)c2cnns2)c2ccccc2)nc2ccccc21. The number of nitrogens with zero attached hydrogens (tertiary/aromatic N) is 4. The molecule has 2 aromatic heterocycles. The van der Waals surface area contributed by atoms with Gasteiger partial charge < -0.3 is 9.88 Å². The highest BCUT2D eigenvalue weighted by molar-refractivity contribution is 7.07. The molecule has 0 radical (unpaired) electrons. The number of carbonyl (C=O) groups excluding carboxylic acids is 1. The van der Waals surface area contributed by atoms with Gasteiger partial charge in [0.1, 0.15) is 16.7 Å². The summed E-state index contributed by atoms with van der Waals surface area (Å²) in [4.78, 5) is 17.8. The maximum atomic E-state index is 12.6. The number of imidazole rings is 1. The van der Waals surface area contributed by atoms with Gasteiger partial charge in [0, 0.05) is 7.05 Å². The van der Waals surface area contributed by atoms with E-state index in [0.717, 1.165) is 34.0 Å². The van der Waals surface area contributed by atoms with E-state index in [9.17, 15) is 4.79 Å². The van der Waals surface area contributed by atoms with Crippen molar-refractivity contribution in [3.8, 4) is 0 Å². The second-order valence-corrected chi connectivity index (χ2v) is 6.40. The third-order valence-corrected chi connectivity index (χ3v) is 4.74. The van der Waals surface area contributed by atoms with Crippen LogP contribution in [0.5, 0.6) is 0 Å². The van der Waals surface area contributed by atoms with E-state index in [0.29, 0.717) is 4.88 Å². The number of amides is 1. The van der Waals surface area contributed by atoms with Gasteiger partial charge in [-0.2, -0.15) is 0 Å². The summed E-state index contributed by atoms with van der Waals surface area (Å²) >= 11 is 1.07. The van der Waals surface area contributed by atoms with Crippen molar-refractivity contribution < 1.29 is 4.79 Å².